The van der Waals surface area contributed by atoms with Crippen molar-refractivity contribution in [2.24, 2.45) is 0 Å². The van der Waals surface area contributed by atoms with E-state index in [1.54, 1.807) is 6.07 Å². The maximum atomic E-state index is 11.5. The smallest absolute Gasteiger partial charge is 0.338 e. The van der Waals surface area contributed by atoms with Crippen molar-refractivity contribution < 1.29 is 9.53 Å². The number of nitrogens with zero attached hydrogens (tertiary/aromatic N) is 1. The minimum absolute atomic E-state index is 0.272. The van der Waals surface area contributed by atoms with Crippen LogP contribution in [-0.4, -0.2) is 18.1 Å². The fraction of sp³-hybridized carbons (Fsp3) is 0.400. The number of carbonyl (C=O) groups excluding carboxylic acids is 1. The fourth-order valence-electron chi connectivity index (χ4n) is 1.80. The van der Waals surface area contributed by atoms with Gasteiger partial charge in [-0.2, -0.15) is 0 Å². The van der Waals surface area contributed by atoms with Crippen LogP contribution in [0.25, 0.3) is 0 Å². The predicted octanol–water partition coefficient (Wildman–Crippen LogP) is 2.12. The number of aryl methyl sites for hydroxylation is 1. The number of methoxy groups -OCH3 is 1. The third kappa shape index (κ3) is 1.54. The molecule has 2 rings (SSSR count). The number of hydrogen-bond acceptors (Lipinski definition) is 3. The van der Waals surface area contributed by atoms with Crippen molar-refractivity contribution in [1.82, 2.24) is 4.98 Å². The van der Waals surface area contributed by atoms with Crippen LogP contribution in [-0.2, 0) is 17.6 Å². The molecule has 1 heterocycles. The highest BCUT2D eigenvalue weighted by atomic mass is 79.9. The molecule has 14 heavy (non-hydrogen) atoms. The van der Waals surface area contributed by atoms with Crippen LogP contribution in [0.5, 0.6) is 0 Å². The molecule has 0 unspecified atom stereocenters. The van der Waals surface area contributed by atoms with Crippen LogP contribution in [0.3, 0.4) is 0 Å². The van der Waals surface area contributed by atoms with Gasteiger partial charge in [-0.05, 0) is 46.8 Å². The Hall–Kier alpha value is -0.900. The second-order valence-electron chi connectivity index (χ2n) is 3.26. The molecule has 0 aliphatic heterocycles. The van der Waals surface area contributed by atoms with Gasteiger partial charge in [0.05, 0.1) is 12.7 Å². The molecule has 1 aromatic heterocycles. The summed E-state index contributed by atoms with van der Waals surface area (Å²) in [7, 11) is 1.40. The lowest BCUT2D eigenvalue weighted by molar-refractivity contribution is 0.0599. The first-order chi connectivity index (χ1) is 6.72. The van der Waals surface area contributed by atoms with Gasteiger partial charge in [-0.25, -0.2) is 9.78 Å². The Morgan fingerprint density at radius 2 is 2.36 bits per heavy atom. The van der Waals surface area contributed by atoms with E-state index in [2.05, 4.69) is 20.9 Å². The fourth-order valence-corrected chi connectivity index (χ4v) is 2.24. The Labute approximate surface area is 90.6 Å². The van der Waals surface area contributed by atoms with Gasteiger partial charge in [0.25, 0.3) is 0 Å². The van der Waals surface area contributed by atoms with Crippen molar-refractivity contribution in [2.45, 2.75) is 19.3 Å². The summed E-state index contributed by atoms with van der Waals surface area (Å²) < 4.78 is 5.44. The number of rotatable bonds is 1. The monoisotopic (exact) mass is 255 g/mol. The SMILES string of the molecule is COC(=O)c1cc(Br)nc2c1CCC2. The molecular weight excluding hydrogens is 246 g/mol. The van der Waals surface area contributed by atoms with E-state index in [0.29, 0.717) is 10.2 Å². The number of aromatic nitrogens is 1. The van der Waals surface area contributed by atoms with Crippen LogP contribution in [0.15, 0.2) is 10.7 Å². The van der Waals surface area contributed by atoms with E-state index in [4.69, 9.17) is 4.74 Å². The number of pyridine rings is 1. The Morgan fingerprint density at radius 1 is 1.57 bits per heavy atom. The minimum Gasteiger partial charge on any atom is -0.465 e. The molecule has 3 nitrogen and oxygen atoms in total. The zero-order valence-electron chi connectivity index (χ0n) is 7.84. The van der Waals surface area contributed by atoms with Crippen molar-refractivity contribution in [3.05, 3.63) is 27.5 Å². The number of esters is 1. The van der Waals surface area contributed by atoms with Crippen molar-refractivity contribution in [1.29, 1.82) is 0 Å². The molecule has 0 spiro atoms. The summed E-state index contributed by atoms with van der Waals surface area (Å²) in [5, 5.41) is 0. The number of halogens is 1. The average molecular weight is 256 g/mol. The molecule has 1 aliphatic rings. The van der Waals surface area contributed by atoms with Crippen LogP contribution in [0, 0.1) is 0 Å². The summed E-state index contributed by atoms with van der Waals surface area (Å²) in [4.78, 5) is 15.8. The molecule has 4 heteroatoms. The largest absolute Gasteiger partial charge is 0.465 e. The molecule has 0 saturated carbocycles. The molecular formula is C10H10BrNO2. The average Bonchev–Trinajstić information content (AvgIpc) is 2.62. The molecule has 74 valence electrons. The quantitative estimate of drug-likeness (QED) is 0.570. The van der Waals surface area contributed by atoms with Gasteiger partial charge in [-0.15, -0.1) is 0 Å². The third-order valence-electron chi connectivity index (χ3n) is 2.42. The zero-order chi connectivity index (χ0) is 10.1. The highest BCUT2D eigenvalue weighted by Crippen LogP contribution is 2.26. The van der Waals surface area contributed by atoms with Gasteiger partial charge in [0, 0.05) is 5.69 Å². The normalized spacial score (nSPS) is 13.9. The highest BCUT2D eigenvalue weighted by molar-refractivity contribution is 9.10. The number of fused-ring (bicyclic) bond motifs is 1. The van der Waals surface area contributed by atoms with Crippen molar-refractivity contribution in [2.75, 3.05) is 7.11 Å². The minimum atomic E-state index is -0.272. The molecule has 1 aliphatic carbocycles. The summed E-state index contributed by atoms with van der Waals surface area (Å²) >= 11 is 3.29. The predicted molar refractivity (Wildman–Crippen MR) is 55.3 cm³/mol. The molecule has 0 atom stereocenters. The summed E-state index contributed by atoms with van der Waals surface area (Å²) in [5.74, 6) is -0.272. The first kappa shape index (κ1) is 9.65. The van der Waals surface area contributed by atoms with Gasteiger partial charge >= 0.3 is 5.97 Å². The zero-order valence-corrected chi connectivity index (χ0v) is 9.43. The van der Waals surface area contributed by atoms with Gasteiger partial charge < -0.3 is 4.74 Å². The lowest BCUT2D eigenvalue weighted by Crippen LogP contribution is -2.06. The number of carbonyl (C=O) groups is 1. The van der Waals surface area contributed by atoms with E-state index in [1.165, 1.54) is 7.11 Å². The molecule has 0 bridgehead atoms. The van der Waals surface area contributed by atoms with E-state index in [0.717, 1.165) is 30.5 Å². The van der Waals surface area contributed by atoms with E-state index in [1.807, 2.05) is 0 Å². The van der Waals surface area contributed by atoms with Crippen molar-refractivity contribution >= 4 is 21.9 Å². The maximum Gasteiger partial charge on any atom is 0.338 e. The topological polar surface area (TPSA) is 39.2 Å². The highest BCUT2D eigenvalue weighted by Gasteiger charge is 2.21. The Kier molecular flexibility index (Phi) is 2.54. The molecule has 0 N–H and O–H groups in total. The molecule has 0 saturated heterocycles. The van der Waals surface area contributed by atoms with E-state index < -0.39 is 0 Å². The van der Waals surface area contributed by atoms with Crippen LogP contribution in [0.1, 0.15) is 28.0 Å². The maximum absolute atomic E-state index is 11.5. The van der Waals surface area contributed by atoms with Gasteiger partial charge in [0.2, 0.25) is 0 Å². The third-order valence-corrected chi connectivity index (χ3v) is 2.83. The second-order valence-corrected chi connectivity index (χ2v) is 4.08. The first-order valence-electron chi connectivity index (χ1n) is 4.49. The summed E-state index contributed by atoms with van der Waals surface area (Å²) in [6, 6.07) is 1.73. The van der Waals surface area contributed by atoms with Gasteiger partial charge in [0.15, 0.2) is 0 Å². The van der Waals surface area contributed by atoms with Gasteiger partial charge in [0.1, 0.15) is 4.60 Å². The lowest BCUT2D eigenvalue weighted by atomic mass is 10.1. The molecule has 0 amide bonds. The molecule has 0 radical (unpaired) electrons. The van der Waals surface area contributed by atoms with Crippen molar-refractivity contribution in [3.63, 3.8) is 0 Å². The Morgan fingerprint density at radius 3 is 3.07 bits per heavy atom. The Bertz CT molecular complexity index is 390. The van der Waals surface area contributed by atoms with Crippen LogP contribution in [0.2, 0.25) is 0 Å². The second kappa shape index (κ2) is 3.69. The molecule has 0 fully saturated rings. The van der Waals surface area contributed by atoms with Crippen LogP contribution < -0.4 is 0 Å². The van der Waals surface area contributed by atoms with Gasteiger partial charge in [-0.1, -0.05) is 0 Å². The van der Waals surface area contributed by atoms with E-state index in [9.17, 15) is 4.79 Å². The Balaban J connectivity index is 2.54. The summed E-state index contributed by atoms with van der Waals surface area (Å²) in [5.41, 5.74) is 2.74. The summed E-state index contributed by atoms with van der Waals surface area (Å²) in [6.07, 6.45) is 2.96. The lowest BCUT2D eigenvalue weighted by Gasteiger charge is -2.06. The standard InChI is InChI=1S/C10H10BrNO2/c1-14-10(13)7-5-9(11)12-8-4-2-3-6(7)8/h5H,2-4H2,1H3. The van der Waals surface area contributed by atoms with E-state index in [-0.39, 0.29) is 5.97 Å². The molecule has 1 aromatic rings. The van der Waals surface area contributed by atoms with Crippen LogP contribution in [0.4, 0.5) is 0 Å². The van der Waals surface area contributed by atoms with Gasteiger partial charge in [-0.3, -0.25) is 0 Å². The van der Waals surface area contributed by atoms with Crippen molar-refractivity contribution in [3.8, 4) is 0 Å². The number of ether oxygens (including phenoxy) is 1. The molecule has 0 aromatic carbocycles. The van der Waals surface area contributed by atoms with E-state index >= 15 is 0 Å². The van der Waals surface area contributed by atoms with Crippen LogP contribution >= 0.6 is 15.9 Å². The number of hydrogen-bond donors (Lipinski definition) is 0. The first-order valence-corrected chi connectivity index (χ1v) is 5.28. The summed E-state index contributed by atoms with van der Waals surface area (Å²) in [6.45, 7) is 0.